The Hall–Kier alpha value is -0.690. The number of nitrogens with zero attached hydrogens (tertiary/aromatic N) is 3. The highest BCUT2D eigenvalue weighted by molar-refractivity contribution is 14.0. The zero-order valence-electron chi connectivity index (χ0n) is 17.6. The first-order valence-electron chi connectivity index (χ1n) is 9.72. The summed E-state index contributed by atoms with van der Waals surface area (Å²) in [6.45, 7) is 6.27. The van der Waals surface area contributed by atoms with E-state index in [1.165, 1.54) is 10.4 Å². The molecule has 1 saturated heterocycles. The summed E-state index contributed by atoms with van der Waals surface area (Å²) in [5.74, 6) is 0.328. The number of benzene rings is 1. The normalized spacial score (nSPS) is 15.9. The van der Waals surface area contributed by atoms with E-state index in [1.807, 2.05) is 18.7 Å². The molecule has 1 fully saturated rings. The van der Waals surface area contributed by atoms with Crippen molar-refractivity contribution in [3.63, 3.8) is 0 Å². The van der Waals surface area contributed by atoms with E-state index in [0.29, 0.717) is 55.7 Å². The van der Waals surface area contributed by atoms with Crippen LogP contribution in [0.2, 0.25) is 5.02 Å². The SMILES string of the molecule is CN=C(NCCc1c(F)cccc1Cl)N1CCN(S(=O)(=O)CCOC(C)C)CC1.I. The fourth-order valence-corrected chi connectivity index (χ4v) is 4.64. The van der Waals surface area contributed by atoms with Crippen molar-refractivity contribution in [2.75, 3.05) is 52.1 Å². The minimum atomic E-state index is -3.33. The van der Waals surface area contributed by atoms with Gasteiger partial charge >= 0.3 is 0 Å². The topological polar surface area (TPSA) is 74.2 Å². The number of aliphatic imine (C=N–C) groups is 1. The summed E-state index contributed by atoms with van der Waals surface area (Å²) >= 11 is 6.06. The maximum Gasteiger partial charge on any atom is 0.216 e. The van der Waals surface area contributed by atoms with Crippen LogP contribution in [-0.2, 0) is 21.2 Å². The van der Waals surface area contributed by atoms with Crippen molar-refractivity contribution in [3.05, 3.63) is 34.6 Å². The average Bonchev–Trinajstić information content (AvgIpc) is 2.67. The van der Waals surface area contributed by atoms with Gasteiger partial charge in [0, 0.05) is 50.4 Å². The van der Waals surface area contributed by atoms with Crippen molar-refractivity contribution in [1.82, 2.24) is 14.5 Å². The van der Waals surface area contributed by atoms with E-state index >= 15 is 0 Å². The molecule has 1 aromatic rings. The quantitative estimate of drug-likeness (QED) is 0.293. The number of halogens is 3. The Bertz CT molecular complexity index is 783. The Balaban J connectivity index is 0.00000450. The predicted molar refractivity (Wildman–Crippen MR) is 130 cm³/mol. The summed E-state index contributed by atoms with van der Waals surface area (Å²) in [5, 5.41) is 3.61. The van der Waals surface area contributed by atoms with Gasteiger partial charge in [0.15, 0.2) is 5.96 Å². The first-order chi connectivity index (χ1) is 13.7. The lowest BCUT2D eigenvalue weighted by Gasteiger charge is -2.35. The van der Waals surface area contributed by atoms with Gasteiger partial charge in [0.1, 0.15) is 5.82 Å². The summed E-state index contributed by atoms with van der Waals surface area (Å²) in [6, 6.07) is 4.64. The maximum atomic E-state index is 13.9. The zero-order chi connectivity index (χ0) is 21.4. The van der Waals surface area contributed by atoms with Crippen LogP contribution in [0.1, 0.15) is 19.4 Å². The van der Waals surface area contributed by atoms with Crippen LogP contribution in [0.15, 0.2) is 23.2 Å². The van der Waals surface area contributed by atoms with E-state index in [4.69, 9.17) is 16.3 Å². The standard InChI is InChI=1S/C19H30ClFN4O3S.HI/c1-15(2)28-13-14-29(26,27)25-11-9-24(10-12-25)19(22-3)23-8-7-16-17(20)5-4-6-18(16)21;/h4-6,15H,7-14H2,1-3H3,(H,22,23);1H. The molecular formula is C19H31ClFIN4O3S. The molecule has 172 valence electrons. The average molecular weight is 577 g/mol. The van der Waals surface area contributed by atoms with Crippen LogP contribution >= 0.6 is 35.6 Å². The lowest BCUT2D eigenvalue weighted by atomic mass is 10.1. The second kappa shape index (κ2) is 13.0. The Morgan fingerprint density at radius 1 is 1.30 bits per heavy atom. The molecule has 0 aromatic heterocycles. The van der Waals surface area contributed by atoms with Crippen LogP contribution < -0.4 is 5.32 Å². The Morgan fingerprint density at radius 2 is 1.97 bits per heavy atom. The van der Waals surface area contributed by atoms with Gasteiger partial charge in [-0.25, -0.2) is 12.8 Å². The molecule has 11 heteroatoms. The van der Waals surface area contributed by atoms with Crippen molar-refractivity contribution in [3.8, 4) is 0 Å². The van der Waals surface area contributed by atoms with Crippen molar-refractivity contribution < 1.29 is 17.5 Å². The summed E-state index contributed by atoms with van der Waals surface area (Å²) in [6.07, 6.45) is 0.435. The van der Waals surface area contributed by atoms with Crippen LogP contribution in [0.4, 0.5) is 4.39 Å². The third kappa shape index (κ3) is 8.10. The lowest BCUT2D eigenvalue weighted by molar-refractivity contribution is 0.0904. The fraction of sp³-hybridized carbons (Fsp3) is 0.632. The molecule has 0 radical (unpaired) electrons. The van der Waals surface area contributed by atoms with Crippen molar-refractivity contribution in [2.24, 2.45) is 4.99 Å². The van der Waals surface area contributed by atoms with E-state index in [1.54, 1.807) is 19.2 Å². The second-order valence-electron chi connectivity index (χ2n) is 7.05. The van der Waals surface area contributed by atoms with Gasteiger partial charge in [0.2, 0.25) is 10.0 Å². The Labute approximate surface area is 201 Å². The molecular weight excluding hydrogens is 546 g/mol. The van der Waals surface area contributed by atoms with E-state index in [0.717, 1.165) is 0 Å². The number of guanidine groups is 1. The molecule has 0 atom stereocenters. The second-order valence-corrected chi connectivity index (χ2v) is 9.54. The summed E-state index contributed by atoms with van der Waals surface area (Å²) in [5.41, 5.74) is 0.469. The highest BCUT2D eigenvalue weighted by Crippen LogP contribution is 2.19. The Morgan fingerprint density at radius 3 is 2.53 bits per heavy atom. The largest absolute Gasteiger partial charge is 0.378 e. The molecule has 0 bridgehead atoms. The summed E-state index contributed by atoms with van der Waals surface area (Å²) in [7, 11) is -1.66. The molecule has 1 aromatic carbocycles. The molecule has 0 amide bonds. The summed E-state index contributed by atoms with van der Waals surface area (Å²) < 4.78 is 45.6. The maximum absolute atomic E-state index is 13.9. The first kappa shape index (κ1) is 27.3. The van der Waals surface area contributed by atoms with Gasteiger partial charge in [-0.1, -0.05) is 17.7 Å². The fourth-order valence-electron chi connectivity index (χ4n) is 3.10. The third-order valence-electron chi connectivity index (χ3n) is 4.66. The molecule has 2 rings (SSSR count). The van der Waals surface area contributed by atoms with Gasteiger partial charge in [-0.05, 0) is 32.4 Å². The number of hydrogen-bond donors (Lipinski definition) is 1. The third-order valence-corrected chi connectivity index (χ3v) is 6.84. The molecule has 30 heavy (non-hydrogen) atoms. The van der Waals surface area contributed by atoms with Gasteiger partial charge in [0.25, 0.3) is 0 Å². The zero-order valence-corrected chi connectivity index (χ0v) is 21.5. The molecule has 0 aliphatic carbocycles. The smallest absolute Gasteiger partial charge is 0.216 e. The van der Waals surface area contributed by atoms with Crippen molar-refractivity contribution in [1.29, 1.82) is 0 Å². The molecule has 1 aliphatic heterocycles. The summed E-state index contributed by atoms with van der Waals surface area (Å²) in [4.78, 5) is 6.26. The van der Waals surface area contributed by atoms with Crippen LogP contribution in [-0.4, -0.2) is 81.8 Å². The number of hydrogen-bond acceptors (Lipinski definition) is 4. The molecule has 1 heterocycles. The van der Waals surface area contributed by atoms with E-state index in [9.17, 15) is 12.8 Å². The monoisotopic (exact) mass is 576 g/mol. The van der Waals surface area contributed by atoms with Crippen LogP contribution in [0.3, 0.4) is 0 Å². The minimum Gasteiger partial charge on any atom is -0.378 e. The van der Waals surface area contributed by atoms with Crippen LogP contribution in [0, 0.1) is 5.82 Å². The number of piperazine rings is 1. The van der Waals surface area contributed by atoms with E-state index in [2.05, 4.69) is 10.3 Å². The highest BCUT2D eigenvalue weighted by atomic mass is 127. The van der Waals surface area contributed by atoms with Crippen molar-refractivity contribution in [2.45, 2.75) is 26.4 Å². The number of sulfonamides is 1. The molecule has 0 spiro atoms. The van der Waals surface area contributed by atoms with Crippen LogP contribution in [0.25, 0.3) is 0 Å². The van der Waals surface area contributed by atoms with Gasteiger partial charge < -0.3 is 15.0 Å². The lowest BCUT2D eigenvalue weighted by Crippen LogP contribution is -2.54. The van der Waals surface area contributed by atoms with Gasteiger partial charge in [-0.15, -0.1) is 24.0 Å². The van der Waals surface area contributed by atoms with E-state index in [-0.39, 0.29) is 48.3 Å². The molecule has 7 nitrogen and oxygen atoms in total. The molecule has 0 unspecified atom stereocenters. The predicted octanol–water partition coefficient (Wildman–Crippen LogP) is 2.59. The van der Waals surface area contributed by atoms with Crippen molar-refractivity contribution >= 4 is 51.6 Å². The molecule has 1 aliphatic rings. The van der Waals surface area contributed by atoms with E-state index < -0.39 is 10.0 Å². The minimum absolute atomic E-state index is 0. The van der Waals surface area contributed by atoms with Gasteiger partial charge in [-0.3, -0.25) is 4.99 Å². The Kier molecular flexibility index (Phi) is 11.8. The van der Waals surface area contributed by atoms with Crippen LogP contribution in [0.5, 0.6) is 0 Å². The van der Waals surface area contributed by atoms with Gasteiger partial charge in [-0.2, -0.15) is 4.31 Å². The number of nitrogens with one attached hydrogen (secondary N) is 1. The molecule has 1 N–H and O–H groups in total. The van der Waals surface area contributed by atoms with Gasteiger partial charge in [0.05, 0.1) is 18.5 Å². The first-order valence-corrected chi connectivity index (χ1v) is 11.7. The number of ether oxygens (including phenoxy) is 1. The number of rotatable bonds is 8. The molecule has 0 saturated carbocycles. The highest BCUT2D eigenvalue weighted by Gasteiger charge is 2.28.